The number of aliphatic hydroxyl groups is 1. The molecule has 1 atom stereocenters. The molecule has 0 spiro atoms. The maximum Gasteiger partial charge on any atom is 0.0762 e. The fraction of sp³-hybridized carbons (Fsp3) is 0.200. The highest BCUT2D eigenvalue weighted by molar-refractivity contribution is 9.10. The van der Waals surface area contributed by atoms with Crippen molar-refractivity contribution in [1.29, 1.82) is 0 Å². The van der Waals surface area contributed by atoms with Gasteiger partial charge in [0.05, 0.1) is 6.10 Å². The average molecular weight is 358 g/mol. The highest BCUT2D eigenvalue weighted by Crippen LogP contribution is 2.32. The summed E-state index contributed by atoms with van der Waals surface area (Å²) in [4.78, 5) is 1.17. The summed E-state index contributed by atoms with van der Waals surface area (Å²) in [6, 6.07) is 13.8. The lowest BCUT2D eigenvalue weighted by molar-refractivity contribution is 0.199. The first-order chi connectivity index (χ1) is 9.06. The van der Waals surface area contributed by atoms with E-state index in [4.69, 9.17) is 11.6 Å². The molecule has 0 saturated heterocycles. The van der Waals surface area contributed by atoms with Crippen LogP contribution in [0.25, 0.3) is 0 Å². The number of hydrogen-bond donors (Lipinski definition) is 1. The molecule has 0 amide bonds. The Morgan fingerprint density at radius 2 is 1.89 bits per heavy atom. The summed E-state index contributed by atoms with van der Waals surface area (Å²) in [6.45, 7) is 1.77. The summed E-state index contributed by atoms with van der Waals surface area (Å²) in [5.74, 6) is 0.893. The van der Waals surface area contributed by atoms with Gasteiger partial charge < -0.3 is 5.11 Å². The van der Waals surface area contributed by atoms with Crippen molar-refractivity contribution in [2.24, 2.45) is 0 Å². The van der Waals surface area contributed by atoms with Crippen LogP contribution in [0, 0.1) is 0 Å². The van der Waals surface area contributed by atoms with E-state index in [2.05, 4.69) is 15.9 Å². The summed E-state index contributed by atoms with van der Waals surface area (Å²) in [5.41, 5.74) is 2.16. The maximum absolute atomic E-state index is 9.53. The lowest BCUT2D eigenvalue weighted by atomic mass is 10.1. The van der Waals surface area contributed by atoms with E-state index in [1.54, 1.807) is 18.7 Å². The fourth-order valence-electron chi connectivity index (χ4n) is 1.64. The van der Waals surface area contributed by atoms with Crippen LogP contribution in [0.15, 0.2) is 51.8 Å². The molecule has 0 bridgehead atoms. The van der Waals surface area contributed by atoms with Gasteiger partial charge >= 0.3 is 0 Å². The molecular weight excluding hydrogens is 344 g/mol. The standard InChI is InChI=1S/C15H14BrClOS/c1-10(18)12-4-7-15(14(16)8-12)19-9-11-2-5-13(17)6-3-11/h2-8,10,18H,9H2,1H3. The van der Waals surface area contributed by atoms with Crippen LogP contribution in [0.4, 0.5) is 0 Å². The molecule has 100 valence electrons. The van der Waals surface area contributed by atoms with Gasteiger partial charge in [0.2, 0.25) is 0 Å². The molecule has 2 aromatic rings. The highest BCUT2D eigenvalue weighted by atomic mass is 79.9. The molecule has 0 saturated carbocycles. The molecule has 0 heterocycles. The second-order valence-corrected chi connectivity index (χ2v) is 6.59. The molecular formula is C15H14BrClOS. The van der Waals surface area contributed by atoms with Crippen LogP contribution in [0.2, 0.25) is 5.02 Å². The van der Waals surface area contributed by atoms with Gasteiger partial charge in [-0.1, -0.05) is 29.8 Å². The van der Waals surface area contributed by atoms with E-state index in [1.165, 1.54) is 10.5 Å². The van der Waals surface area contributed by atoms with Crippen molar-refractivity contribution in [2.45, 2.75) is 23.7 Å². The minimum absolute atomic E-state index is 0.438. The van der Waals surface area contributed by atoms with E-state index >= 15 is 0 Å². The molecule has 0 aliphatic heterocycles. The second kappa shape index (κ2) is 6.80. The van der Waals surface area contributed by atoms with Crippen LogP contribution < -0.4 is 0 Å². The van der Waals surface area contributed by atoms with Crippen molar-refractivity contribution in [3.8, 4) is 0 Å². The Labute approximate surface area is 131 Å². The van der Waals surface area contributed by atoms with E-state index in [0.29, 0.717) is 0 Å². The number of rotatable bonds is 4. The van der Waals surface area contributed by atoms with Gasteiger partial charge in [-0.3, -0.25) is 0 Å². The first kappa shape index (κ1) is 14.9. The minimum atomic E-state index is -0.438. The van der Waals surface area contributed by atoms with E-state index < -0.39 is 6.10 Å². The summed E-state index contributed by atoms with van der Waals surface area (Å²) in [6.07, 6.45) is -0.438. The lowest BCUT2D eigenvalue weighted by Gasteiger charge is -2.09. The zero-order chi connectivity index (χ0) is 13.8. The Bertz CT molecular complexity index is 555. The van der Waals surface area contributed by atoms with Crippen LogP contribution in [0.3, 0.4) is 0 Å². The van der Waals surface area contributed by atoms with Crippen molar-refractivity contribution in [2.75, 3.05) is 0 Å². The Morgan fingerprint density at radius 1 is 1.21 bits per heavy atom. The highest BCUT2D eigenvalue weighted by Gasteiger charge is 2.06. The average Bonchev–Trinajstić information content (AvgIpc) is 2.39. The third-order valence-electron chi connectivity index (χ3n) is 2.75. The molecule has 1 nitrogen and oxygen atoms in total. The number of benzene rings is 2. The van der Waals surface area contributed by atoms with Crippen LogP contribution in [-0.4, -0.2) is 5.11 Å². The molecule has 2 rings (SSSR count). The van der Waals surface area contributed by atoms with Crippen LogP contribution in [0.5, 0.6) is 0 Å². The molecule has 2 aromatic carbocycles. The van der Waals surface area contributed by atoms with Gasteiger partial charge in [-0.2, -0.15) is 0 Å². The molecule has 0 aromatic heterocycles. The van der Waals surface area contributed by atoms with Crippen LogP contribution in [0.1, 0.15) is 24.2 Å². The zero-order valence-corrected chi connectivity index (χ0v) is 13.6. The van der Waals surface area contributed by atoms with Gasteiger partial charge in [0.25, 0.3) is 0 Å². The zero-order valence-electron chi connectivity index (χ0n) is 10.4. The molecule has 0 radical (unpaired) electrons. The van der Waals surface area contributed by atoms with E-state index in [9.17, 15) is 5.11 Å². The molecule has 0 fully saturated rings. The smallest absolute Gasteiger partial charge is 0.0762 e. The quantitative estimate of drug-likeness (QED) is 0.734. The summed E-state index contributed by atoms with van der Waals surface area (Å²) >= 11 is 11.2. The van der Waals surface area contributed by atoms with Gasteiger partial charge in [0.15, 0.2) is 0 Å². The second-order valence-electron chi connectivity index (χ2n) is 4.28. The van der Waals surface area contributed by atoms with E-state index in [0.717, 1.165) is 20.8 Å². The maximum atomic E-state index is 9.53. The molecule has 1 N–H and O–H groups in total. The van der Waals surface area contributed by atoms with Crippen molar-refractivity contribution in [3.63, 3.8) is 0 Å². The molecule has 4 heteroatoms. The predicted molar refractivity (Wildman–Crippen MR) is 85.8 cm³/mol. The minimum Gasteiger partial charge on any atom is -0.389 e. The van der Waals surface area contributed by atoms with Gasteiger partial charge in [-0.25, -0.2) is 0 Å². The summed E-state index contributed by atoms with van der Waals surface area (Å²) in [5, 5.41) is 10.3. The van der Waals surface area contributed by atoms with Gasteiger partial charge in [-0.05, 0) is 58.2 Å². The first-order valence-electron chi connectivity index (χ1n) is 5.91. The fourth-order valence-corrected chi connectivity index (χ4v) is 3.38. The number of thioether (sulfide) groups is 1. The Hall–Kier alpha value is -0.480. The van der Waals surface area contributed by atoms with Gasteiger partial charge in [0.1, 0.15) is 0 Å². The third-order valence-corrected chi connectivity index (χ3v) is 5.06. The summed E-state index contributed by atoms with van der Waals surface area (Å²) < 4.78 is 1.02. The van der Waals surface area contributed by atoms with Crippen LogP contribution >= 0.6 is 39.3 Å². The summed E-state index contributed by atoms with van der Waals surface area (Å²) in [7, 11) is 0. The van der Waals surface area contributed by atoms with Crippen molar-refractivity contribution in [3.05, 3.63) is 63.1 Å². The third kappa shape index (κ3) is 4.25. The normalized spacial score (nSPS) is 12.4. The lowest BCUT2D eigenvalue weighted by Crippen LogP contribution is -1.91. The molecule has 0 aliphatic rings. The van der Waals surface area contributed by atoms with Crippen molar-refractivity contribution < 1.29 is 5.11 Å². The Kier molecular flexibility index (Phi) is 5.34. The van der Waals surface area contributed by atoms with E-state index in [-0.39, 0.29) is 0 Å². The van der Waals surface area contributed by atoms with Crippen LogP contribution in [-0.2, 0) is 5.75 Å². The monoisotopic (exact) mass is 356 g/mol. The van der Waals surface area contributed by atoms with Gasteiger partial charge in [-0.15, -0.1) is 11.8 Å². The van der Waals surface area contributed by atoms with Crippen molar-refractivity contribution >= 4 is 39.3 Å². The predicted octanol–water partition coefficient (Wildman–Crippen LogP) is 5.45. The first-order valence-corrected chi connectivity index (χ1v) is 8.06. The largest absolute Gasteiger partial charge is 0.389 e. The number of aliphatic hydroxyl groups excluding tert-OH is 1. The molecule has 1 unspecified atom stereocenters. The number of halogens is 2. The molecule has 0 aliphatic carbocycles. The number of hydrogen-bond acceptors (Lipinski definition) is 2. The molecule has 19 heavy (non-hydrogen) atoms. The van der Waals surface area contributed by atoms with Crippen molar-refractivity contribution in [1.82, 2.24) is 0 Å². The topological polar surface area (TPSA) is 20.2 Å². The Balaban J connectivity index is 2.05. The van der Waals surface area contributed by atoms with Gasteiger partial charge in [0, 0.05) is 20.1 Å². The Morgan fingerprint density at radius 3 is 2.47 bits per heavy atom. The SMILES string of the molecule is CC(O)c1ccc(SCc2ccc(Cl)cc2)c(Br)c1. The van der Waals surface area contributed by atoms with E-state index in [1.807, 2.05) is 42.5 Å².